The molecule has 1 aliphatic heterocycles. The van der Waals surface area contributed by atoms with E-state index in [1.165, 1.54) is 0 Å². The Labute approximate surface area is 129 Å². The lowest BCUT2D eigenvalue weighted by atomic mass is 10.1. The Morgan fingerprint density at radius 2 is 2.45 bits per heavy atom. The molecule has 1 saturated heterocycles. The standard InChI is InChI=1S/C15H21N5O2/c1-11-8-14(22-18-11)13-4-3-6-20(13)15(21)17-12(2)9-19-7-5-16-10-19/h5,7-8,10,12-13H,3-4,6,9H2,1-2H3,(H,17,21)/t12-,13+/m0/s1. The lowest BCUT2D eigenvalue weighted by Gasteiger charge is -2.25. The highest BCUT2D eigenvalue weighted by Crippen LogP contribution is 2.32. The zero-order valence-electron chi connectivity index (χ0n) is 12.9. The normalized spacial score (nSPS) is 19.4. The van der Waals surface area contributed by atoms with E-state index in [4.69, 9.17) is 4.52 Å². The van der Waals surface area contributed by atoms with Crippen molar-refractivity contribution in [1.82, 2.24) is 24.9 Å². The molecule has 7 nitrogen and oxygen atoms in total. The van der Waals surface area contributed by atoms with Gasteiger partial charge >= 0.3 is 6.03 Å². The predicted molar refractivity (Wildman–Crippen MR) is 80.1 cm³/mol. The molecule has 1 N–H and O–H groups in total. The molecule has 0 unspecified atom stereocenters. The topological polar surface area (TPSA) is 76.2 Å². The quantitative estimate of drug-likeness (QED) is 0.938. The summed E-state index contributed by atoms with van der Waals surface area (Å²) in [5.41, 5.74) is 0.843. The number of imidazole rings is 1. The molecule has 1 aliphatic rings. The average Bonchev–Trinajstić information content (AvgIpc) is 3.17. The fourth-order valence-corrected chi connectivity index (χ4v) is 2.90. The van der Waals surface area contributed by atoms with Crippen LogP contribution in [0.1, 0.15) is 37.3 Å². The molecule has 0 spiro atoms. The van der Waals surface area contributed by atoms with Gasteiger partial charge in [-0.25, -0.2) is 9.78 Å². The number of likely N-dealkylation sites (tertiary alicyclic amines) is 1. The van der Waals surface area contributed by atoms with E-state index in [1.807, 2.05) is 35.6 Å². The largest absolute Gasteiger partial charge is 0.359 e. The van der Waals surface area contributed by atoms with Crippen LogP contribution in [0.25, 0.3) is 0 Å². The van der Waals surface area contributed by atoms with Crippen molar-refractivity contribution in [3.63, 3.8) is 0 Å². The molecule has 0 saturated carbocycles. The number of carbonyl (C=O) groups excluding carboxylic acids is 1. The lowest BCUT2D eigenvalue weighted by Crippen LogP contribution is -2.44. The number of rotatable bonds is 4. The van der Waals surface area contributed by atoms with Gasteiger partial charge in [-0.05, 0) is 26.7 Å². The van der Waals surface area contributed by atoms with Crippen molar-refractivity contribution in [3.05, 3.63) is 36.2 Å². The zero-order valence-corrected chi connectivity index (χ0v) is 12.9. The molecule has 22 heavy (non-hydrogen) atoms. The highest BCUT2D eigenvalue weighted by molar-refractivity contribution is 5.75. The molecular formula is C15H21N5O2. The Kier molecular flexibility index (Phi) is 4.13. The molecular weight excluding hydrogens is 282 g/mol. The van der Waals surface area contributed by atoms with E-state index in [-0.39, 0.29) is 18.1 Å². The third-order valence-corrected chi connectivity index (χ3v) is 3.90. The number of hydrogen-bond donors (Lipinski definition) is 1. The van der Waals surface area contributed by atoms with Gasteiger partial charge in [-0.15, -0.1) is 0 Å². The summed E-state index contributed by atoms with van der Waals surface area (Å²) in [6.07, 6.45) is 7.26. The van der Waals surface area contributed by atoms with Gasteiger partial charge in [-0.1, -0.05) is 5.16 Å². The number of nitrogens with one attached hydrogen (secondary N) is 1. The summed E-state index contributed by atoms with van der Waals surface area (Å²) in [5.74, 6) is 0.771. The van der Waals surface area contributed by atoms with E-state index in [2.05, 4.69) is 15.5 Å². The first-order valence-corrected chi connectivity index (χ1v) is 7.59. The Balaban J connectivity index is 1.61. The van der Waals surface area contributed by atoms with Crippen LogP contribution in [0.4, 0.5) is 4.79 Å². The number of hydrogen-bond acceptors (Lipinski definition) is 4. The summed E-state index contributed by atoms with van der Waals surface area (Å²) in [7, 11) is 0. The second kappa shape index (κ2) is 6.21. The number of carbonyl (C=O) groups is 1. The van der Waals surface area contributed by atoms with Crippen molar-refractivity contribution in [1.29, 1.82) is 0 Å². The monoisotopic (exact) mass is 303 g/mol. The number of aromatic nitrogens is 3. The highest BCUT2D eigenvalue weighted by Gasteiger charge is 2.33. The first-order valence-electron chi connectivity index (χ1n) is 7.59. The van der Waals surface area contributed by atoms with Crippen LogP contribution >= 0.6 is 0 Å². The van der Waals surface area contributed by atoms with Crippen LogP contribution < -0.4 is 5.32 Å². The maximum atomic E-state index is 12.5. The molecule has 2 aromatic heterocycles. The van der Waals surface area contributed by atoms with Gasteiger partial charge in [0.15, 0.2) is 5.76 Å². The van der Waals surface area contributed by atoms with Crippen LogP contribution in [0.15, 0.2) is 29.3 Å². The summed E-state index contributed by atoms with van der Waals surface area (Å²) in [6, 6.07) is 1.87. The van der Waals surface area contributed by atoms with Crippen molar-refractivity contribution < 1.29 is 9.32 Å². The van der Waals surface area contributed by atoms with Gasteiger partial charge in [0.05, 0.1) is 18.1 Å². The van der Waals surface area contributed by atoms with E-state index in [0.717, 1.165) is 30.8 Å². The number of urea groups is 1. The summed E-state index contributed by atoms with van der Waals surface area (Å²) >= 11 is 0. The first kappa shape index (κ1) is 14.6. The zero-order chi connectivity index (χ0) is 15.5. The van der Waals surface area contributed by atoms with Crippen LogP contribution in [0.3, 0.4) is 0 Å². The SMILES string of the molecule is Cc1cc([C@H]2CCCN2C(=O)N[C@@H](C)Cn2ccnc2)on1. The molecule has 118 valence electrons. The second-order valence-electron chi connectivity index (χ2n) is 5.83. The van der Waals surface area contributed by atoms with E-state index in [0.29, 0.717) is 6.54 Å². The molecule has 7 heteroatoms. The van der Waals surface area contributed by atoms with Gasteiger partial charge in [0.1, 0.15) is 0 Å². The van der Waals surface area contributed by atoms with E-state index in [9.17, 15) is 4.79 Å². The minimum Gasteiger partial charge on any atom is -0.359 e. The predicted octanol–water partition coefficient (Wildman–Crippen LogP) is 2.11. The minimum absolute atomic E-state index is 0.0124. The molecule has 2 amide bonds. The number of nitrogens with zero attached hydrogens (tertiary/aromatic N) is 4. The Hall–Kier alpha value is -2.31. The van der Waals surface area contributed by atoms with Gasteiger partial charge in [-0.2, -0.15) is 0 Å². The highest BCUT2D eigenvalue weighted by atomic mass is 16.5. The summed E-state index contributed by atoms with van der Waals surface area (Å²) in [4.78, 5) is 18.3. The molecule has 0 aromatic carbocycles. The third kappa shape index (κ3) is 3.13. The number of aryl methyl sites for hydroxylation is 1. The Morgan fingerprint density at radius 3 is 3.14 bits per heavy atom. The van der Waals surface area contributed by atoms with Crippen molar-refractivity contribution in [2.24, 2.45) is 0 Å². The molecule has 0 bridgehead atoms. The van der Waals surface area contributed by atoms with Gasteiger partial charge < -0.3 is 19.3 Å². The molecule has 3 rings (SSSR count). The summed E-state index contributed by atoms with van der Waals surface area (Å²) < 4.78 is 7.29. The van der Waals surface area contributed by atoms with Crippen molar-refractivity contribution in [2.45, 2.75) is 45.3 Å². The van der Waals surface area contributed by atoms with Crippen LogP contribution in [0, 0.1) is 6.92 Å². The molecule has 2 atom stereocenters. The fraction of sp³-hybridized carbons (Fsp3) is 0.533. The number of amides is 2. The minimum atomic E-state index is -0.0517. The molecule has 0 aliphatic carbocycles. The van der Waals surface area contributed by atoms with Crippen molar-refractivity contribution in [3.8, 4) is 0 Å². The van der Waals surface area contributed by atoms with Crippen molar-refractivity contribution >= 4 is 6.03 Å². The third-order valence-electron chi connectivity index (χ3n) is 3.90. The van der Waals surface area contributed by atoms with E-state index in [1.54, 1.807) is 12.5 Å². The van der Waals surface area contributed by atoms with Gasteiger partial charge in [0.25, 0.3) is 0 Å². The van der Waals surface area contributed by atoms with Crippen LogP contribution in [0.2, 0.25) is 0 Å². The van der Waals surface area contributed by atoms with Gasteiger partial charge in [0, 0.05) is 37.6 Å². The molecule has 1 fully saturated rings. The fourth-order valence-electron chi connectivity index (χ4n) is 2.90. The van der Waals surface area contributed by atoms with Crippen LogP contribution in [-0.2, 0) is 6.54 Å². The average molecular weight is 303 g/mol. The van der Waals surface area contributed by atoms with Crippen LogP contribution in [-0.4, -0.2) is 38.2 Å². The smallest absolute Gasteiger partial charge is 0.318 e. The molecule has 0 radical (unpaired) electrons. The van der Waals surface area contributed by atoms with E-state index >= 15 is 0 Å². The second-order valence-corrected chi connectivity index (χ2v) is 5.83. The molecule has 3 heterocycles. The van der Waals surface area contributed by atoms with Gasteiger partial charge in [0.2, 0.25) is 0 Å². The Morgan fingerprint density at radius 1 is 1.59 bits per heavy atom. The Bertz CT molecular complexity index is 622. The van der Waals surface area contributed by atoms with Crippen molar-refractivity contribution in [2.75, 3.05) is 6.54 Å². The lowest BCUT2D eigenvalue weighted by molar-refractivity contribution is 0.178. The summed E-state index contributed by atoms with van der Waals surface area (Å²) in [6.45, 7) is 5.32. The van der Waals surface area contributed by atoms with Gasteiger partial charge in [-0.3, -0.25) is 0 Å². The maximum Gasteiger partial charge on any atom is 0.318 e. The molecule has 2 aromatic rings. The van der Waals surface area contributed by atoms with Crippen LogP contribution in [0.5, 0.6) is 0 Å². The maximum absolute atomic E-state index is 12.5. The summed E-state index contributed by atoms with van der Waals surface area (Å²) in [5, 5.41) is 6.97. The first-order chi connectivity index (χ1) is 10.6. The van der Waals surface area contributed by atoms with E-state index < -0.39 is 0 Å².